The Morgan fingerprint density at radius 1 is 1.17 bits per heavy atom. The van der Waals surface area contributed by atoms with Crippen molar-refractivity contribution in [3.05, 3.63) is 60.0 Å². The fraction of sp³-hybridized carbons (Fsp3) is 0.464. The average Bonchev–Trinajstić information content (AvgIpc) is 2.87. The van der Waals surface area contributed by atoms with Gasteiger partial charge in [-0.25, -0.2) is 8.78 Å². The molecule has 36 heavy (non-hydrogen) atoms. The van der Waals surface area contributed by atoms with Crippen LogP contribution in [-0.4, -0.2) is 40.9 Å². The summed E-state index contributed by atoms with van der Waals surface area (Å²) < 4.78 is 27.3. The molecular formula is C28H33F2N5O. The zero-order chi connectivity index (χ0) is 25.2. The van der Waals surface area contributed by atoms with Gasteiger partial charge in [0.15, 0.2) is 0 Å². The van der Waals surface area contributed by atoms with Gasteiger partial charge in [0.25, 0.3) is 12.3 Å². The quantitative estimate of drug-likeness (QED) is 0.474. The molecule has 4 atom stereocenters. The lowest BCUT2D eigenvalue weighted by molar-refractivity contribution is 0.0999. The molecule has 6 nitrogen and oxygen atoms in total. The molecule has 2 aliphatic rings. The number of nitrogens with two attached hydrogens (primary N) is 1. The Morgan fingerprint density at radius 3 is 2.83 bits per heavy atom. The molecule has 1 aliphatic carbocycles. The summed E-state index contributed by atoms with van der Waals surface area (Å²) in [6, 6.07) is 8.58. The van der Waals surface area contributed by atoms with Crippen molar-refractivity contribution in [1.29, 1.82) is 0 Å². The highest BCUT2D eigenvalue weighted by Gasteiger charge is 2.31. The van der Waals surface area contributed by atoms with E-state index in [1.165, 1.54) is 0 Å². The van der Waals surface area contributed by atoms with Gasteiger partial charge in [-0.3, -0.25) is 14.8 Å². The Labute approximate surface area is 210 Å². The number of nitrogens with one attached hydrogen (secondary N) is 1. The maximum absolute atomic E-state index is 13.6. The zero-order valence-corrected chi connectivity index (χ0v) is 20.5. The molecule has 0 radical (unpaired) electrons. The summed E-state index contributed by atoms with van der Waals surface area (Å²) in [7, 11) is 0. The smallest absolute Gasteiger partial charge is 0.258 e. The van der Waals surface area contributed by atoms with Crippen molar-refractivity contribution in [2.24, 2.45) is 11.7 Å². The molecule has 3 aromatic rings. The number of nitrogens with zero attached hydrogens (tertiary/aromatic N) is 3. The highest BCUT2D eigenvalue weighted by molar-refractivity contribution is 6.12. The maximum atomic E-state index is 13.6. The minimum absolute atomic E-state index is 0.150. The number of pyridine rings is 2. The molecule has 3 N–H and O–H groups in total. The van der Waals surface area contributed by atoms with Gasteiger partial charge in [0.2, 0.25) is 0 Å². The first-order chi connectivity index (χ1) is 17.4. The van der Waals surface area contributed by atoms with Gasteiger partial charge < -0.3 is 16.0 Å². The van der Waals surface area contributed by atoms with Gasteiger partial charge in [0, 0.05) is 24.2 Å². The van der Waals surface area contributed by atoms with Crippen LogP contribution in [0.4, 0.5) is 20.2 Å². The molecule has 1 aromatic carbocycles. The Kier molecular flexibility index (Phi) is 7.14. The van der Waals surface area contributed by atoms with Crippen molar-refractivity contribution in [2.75, 3.05) is 16.8 Å². The molecule has 2 aromatic heterocycles. The second kappa shape index (κ2) is 10.5. The van der Waals surface area contributed by atoms with Gasteiger partial charge in [-0.1, -0.05) is 19.1 Å². The van der Waals surface area contributed by atoms with E-state index in [1.54, 1.807) is 35.6 Å². The summed E-state index contributed by atoms with van der Waals surface area (Å²) in [5.74, 6) is 0.519. The van der Waals surface area contributed by atoms with Gasteiger partial charge in [0.05, 0.1) is 40.9 Å². The second-order valence-corrected chi connectivity index (χ2v) is 10.3. The van der Waals surface area contributed by atoms with Crippen molar-refractivity contribution >= 4 is 28.2 Å². The van der Waals surface area contributed by atoms with E-state index in [9.17, 15) is 13.6 Å². The third-order valence-electron chi connectivity index (χ3n) is 7.64. The van der Waals surface area contributed by atoms with E-state index in [-0.39, 0.29) is 17.9 Å². The van der Waals surface area contributed by atoms with Crippen molar-refractivity contribution in [2.45, 2.75) is 69.9 Å². The monoisotopic (exact) mass is 493 g/mol. The van der Waals surface area contributed by atoms with Crippen LogP contribution in [0.1, 0.15) is 67.3 Å². The topological polar surface area (TPSA) is 84.1 Å². The number of hydrogen-bond donors (Lipinski definition) is 2. The SMILES string of the molecule is CC1CC(N)CC(c2ccncc2NC(=O)c2cccc3cc(N4CCCCC4C(F)F)cnc23)C1. The third-order valence-corrected chi connectivity index (χ3v) is 7.64. The summed E-state index contributed by atoms with van der Waals surface area (Å²) >= 11 is 0. The first-order valence-electron chi connectivity index (χ1n) is 12.8. The average molecular weight is 494 g/mol. The molecule has 3 heterocycles. The molecule has 1 saturated carbocycles. The lowest BCUT2D eigenvalue weighted by atomic mass is 9.76. The van der Waals surface area contributed by atoms with Gasteiger partial charge in [-0.05, 0) is 74.1 Å². The summed E-state index contributed by atoms with van der Waals surface area (Å²) in [6.07, 6.45) is 7.72. The van der Waals surface area contributed by atoms with E-state index in [0.29, 0.717) is 41.3 Å². The highest BCUT2D eigenvalue weighted by atomic mass is 19.3. The van der Waals surface area contributed by atoms with Crippen LogP contribution >= 0.6 is 0 Å². The number of carbonyl (C=O) groups excluding carboxylic acids is 1. The number of fused-ring (bicyclic) bond motifs is 1. The Balaban J connectivity index is 1.41. The van der Waals surface area contributed by atoms with E-state index in [2.05, 4.69) is 22.2 Å². The van der Waals surface area contributed by atoms with Gasteiger partial charge in [-0.15, -0.1) is 0 Å². The normalized spacial score (nSPS) is 24.8. The Bertz CT molecular complexity index is 1230. The van der Waals surface area contributed by atoms with Crippen molar-refractivity contribution in [1.82, 2.24) is 9.97 Å². The lowest BCUT2D eigenvalue weighted by Gasteiger charge is -2.36. The second-order valence-electron chi connectivity index (χ2n) is 10.3. The van der Waals surface area contributed by atoms with E-state index < -0.39 is 12.5 Å². The van der Waals surface area contributed by atoms with Gasteiger partial charge >= 0.3 is 0 Å². The lowest BCUT2D eigenvalue weighted by Crippen LogP contribution is -2.44. The fourth-order valence-corrected chi connectivity index (χ4v) is 6.00. The molecule has 2 fully saturated rings. The Hall–Kier alpha value is -3.13. The van der Waals surface area contributed by atoms with Crippen LogP contribution in [0, 0.1) is 5.92 Å². The number of aromatic nitrogens is 2. The third kappa shape index (κ3) is 5.05. The number of anilines is 2. The van der Waals surface area contributed by atoms with Crippen LogP contribution in [0.25, 0.3) is 10.9 Å². The molecule has 0 spiro atoms. The first-order valence-corrected chi connectivity index (χ1v) is 12.8. The summed E-state index contributed by atoms with van der Waals surface area (Å²) in [6.45, 7) is 2.80. The molecule has 1 saturated heterocycles. The standard InChI is InChI=1S/C28H33F2N5O/c1-17-11-19(13-20(31)12-17)22-8-9-32-16-24(22)34-28(36)23-6-4-5-18-14-21(15-33-26(18)23)35-10-3-2-7-25(35)27(29)30/h4-6,8-9,14-17,19-20,25,27H,2-3,7,10-13,31H2,1H3,(H,34,36). The maximum Gasteiger partial charge on any atom is 0.258 e. The van der Waals surface area contributed by atoms with Crippen LogP contribution in [-0.2, 0) is 0 Å². The number of amides is 1. The molecule has 8 heteroatoms. The number of benzene rings is 1. The summed E-state index contributed by atoms with van der Waals surface area (Å²) in [5, 5.41) is 3.80. The summed E-state index contributed by atoms with van der Waals surface area (Å²) in [5.41, 5.74) is 9.69. The highest BCUT2D eigenvalue weighted by Crippen LogP contribution is 2.38. The number of piperidine rings is 1. The van der Waals surface area contributed by atoms with Crippen LogP contribution in [0.3, 0.4) is 0 Å². The number of hydrogen-bond acceptors (Lipinski definition) is 5. The fourth-order valence-electron chi connectivity index (χ4n) is 6.00. The molecular weight excluding hydrogens is 460 g/mol. The van der Waals surface area contributed by atoms with Crippen molar-refractivity contribution in [3.8, 4) is 0 Å². The number of rotatable bonds is 5. The predicted octanol–water partition coefficient (Wildman–Crippen LogP) is 5.74. The van der Waals surface area contributed by atoms with Crippen LogP contribution < -0.4 is 16.0 Å². The predicted molar refractivity (Wildman–Crippen MR) is 139 cm³/mol. The van der Waals surface area contributed by atoms with Crippen molar-refractivity contribution in [3.63, 3.8) is 0 Å². The molecule has 5 rings (SSSR count). The van der Waals surface area contributed by atoms with E-state index in [1.807, 2.05) is 18.2 Å². The number of alkyl halides is 2. The zero-order valence-electron chi connectivity index (χ0n) is 20.5. The molecule has 190 valence electrons. The minimum Gasteiger partial charge on any atom is -0.362 e. The van der Waals surface area contributed by atoms with Gasteiger partial charge in [-0.2, -0.15) is 0 Å². The summed E-state index contributed by atoms with van der Waals surface area (Å²) in [4.78, 5) is 24.0. The van der Waals surface area contributed by atoms with E-state index >= 15 is 0 Å². The molecule has 1 amide bonds. The Morgan fingerprint density at radius 2 is 2.03 bits per heavy atom. The first kappa shape index (κ1) is 24.6. The van der Waals surface area contributed by atoms with Gasteiger partial charge in [0.1, 0.15) is 0 Å². The number of para-hydroxylation sites is 1. The van der Waals surface area contributed by atoms with Crippen LogP contribution in [0.5, 0.6) is 0 Å². The molecule has 0 bridgehead atoms. The molecule has 1 aliphatic heterocycles. The van der Waals surface area contributed by atoms with E-state index in [0.717, 1.165) is 43.1 Å². The minimum atomic E-state index is -2.41. The number of halogens is 2. The van der Waals surface area contributed by atoms with Crippen LogP contribution in [0.15, 0.2) is 48.9 Å². The van der Waals surface area contributed by atoms with Crippen LogP contribution in [0.2, 0.25) is 0 Å². The largest absolute Gasteiger partial charge is 0.362 e. The molecule has 4 unspecified atom stereocenters. The van der Waals surface area contributed by atoms with Crippen molar-refractivity contribution < 1.29 is 13.6 Å². The van der Waals surface area contributed by atoms with E-state index in [4.69, 9.17) is 5.73 Å². The number of carbonyl (C=O) groups is 1.